The monoisotopic (exact) mass is 475 g/mol. The number of carbonyl (C=O) groups excluding carboxylic acids is 1. The van der Waals surface area contributed by atoms with E-state index in [9.17, 15) is 4.79 Å². The number of hydrogen-bond acceptors (Lipinski definition) is 5. The maximum absolute atomic E-state index is 12.4. The molecule has 0 saturated heterocycles. The fourth-order valence-electron chi connectivity index (χ4n) is 3.17. The number of hydrazone groups is 1. The SMILES string of the molecule is Cc1ccc(-n2c(SCC(=O)N/N=C\c3cccc(C)c3)nnc2-c2ccc(Cl)cc2)cc1. The molecular weight excluding hydrogens is 454 g/mol. The molecule has 166 valence electrons. The summed E-state index contributed by atoms with van der Waals surface area (Å²) < 4.78 is 1.94. The van der Waals surface area contributed by atoms with Crippen LogP contribution in [-0.2, 0) is 4.79 Å². The van der Waals surface area contributed by atoms with E-state index < -0.39 is 0 Å². The maximum Gasteiger partial charge on any atom is 0.250 e. The lowest BCUT2D eigenvalue weighted by Crippen LogP contribution is -2.20. The minimum atomic E-state index is -0.226. The molecule has 1 N–H and O–H groups in total. The van der Waals surface area contributed by atoms with Gasteiger partial charge in [0.1, 0.15) is 0 Å². The summed E-state index contributed by atoms with van der Waals surface area (Å²) in [6, 6.07) is 23.4. The summed E-state index contributed by atoms with van der Waals surface area (Å²) >= 11 is 7.35. The van der Waals surface area contributed by atoms with Crippen LogP contribution >= 0.6 is 23.4 Å². The summed E-state index contributed by atoms with van der Waals surface area (Å²) in [5, 5.41) is 14.1. The highest BCUT2D eigenvalue weighted by atomic mass is 35.5. The van der Waals surface area contributed by atoms with Gasteiger partial charge in [-0.2, -0.15) is 5.10 Å². The molecule has 4 aromatic rings. The molecule has 6 nitrogen and oxygen atoms in total. The Hall–Kier alpha value is -3.42. The highest BCUT2D eigenvalue weighted by molar-refractivity contribution is 7.99. The summed E-state index contributed by atoms with van der Waals surface area (Å²) in [6.45, 7) is 4.04. The zero-order valence-corrected chi connectivity index (χ0v) is 19.8. The topological polar surface area (TPSA) is 72.2 Å². The van der Waals surface area contributed by atoms with Gasteiger partial charge in [-0.25, -0.2) is 5.43 Å². The van der Waals surface area contributed by atoms with Gasteiger partial charge in [-0.15, -0.1) is 10.2 Å². The molecule has 1 heterocycles. The number of nitrogens with one attached hydrogen (secondary N) is 1. The molecule has 3 aromatic carbocycles. The van der Waals surface area contributed by atoms with Crippen molar-refractivity contribution in [1.82, 2.24) is 20.2 Å². The van der Waals surface area contributed by atoms with Crippen LogP contribution in [0, 0.1) is 13.8 Å². The second-order valence-electron chi connectivity index (χ2n) is 7.48. The number of benzene rings is 3. The van der Waals surface area contributed by atoms with Gasteiger partial charge in [0.2, 0.25) is 0 Å². The molecule has 0 aliphatic heterocycles. The molecule has 0 unspecified atom stereocenters. The fraction of sp³-hybridized carbons (Fsp3) is 0.120. The van der Waals surface area contributed by atoms with Gasteiger partial charge >= 0.3 is 0 Å². The zero-order chi connectivity index (χ0) is 23.2. The van der Waals surface area contributed by atoms with Crippen molar-refractivity contribution >= 4 is 35.5 Å². The Balaban J connectivity index is 1.51. The molecule has 1 aromatic heterocycles. The zero-order valence-electron chi connectivity index (χ0n) is 18.2. The molecule has 0 fully saturated rings. The molecule has 0 aliphatic rings. The van der Waals surface area contributed by atoms with Crippen LogP contribution in [0.5, 0.6) is 0 Å². The van der Waals surface area contributed by atoms with E-state index in [1.807, 2.05) is 91.2 Å². The third-order valence-electron chi connectivity index (χ3n) is 4.81. The summed E-state index contributed by atoms with van der Waals surface area (Å²) in [4.78, 5) is 12.4. The normalized spacial score (nSPS) is 11.1. The van der Waals surface area contributed by atoms with E-state index in [-0.39, 0.29) is 11.7 Å². The predicted molar refractivity (Wildman–Crippen MR) is 134 cm³/mol. The molecule has 0 atom stereocenters. The van der Waals surface area contributed by atoms with E-state index in [0.717, 1.165) is 27.9 Å². The average Bonchev–Trinajstić information content (AvgIpc) is 3.23. The number of amides is 1. The minimum Gasteiger partial charge on any atom is -0.272 e. The lowest BCUT2D eigenvalue weighted by molar-refractivity contribution is -0.118. The van der Waals surface area contributed by atoms with Crippen molar-refractivity contribution in [3.8, 4) is 17.1 Å². The number of aromatic nitrogens is 3. The van der Waals surface area contributed by atoms with Crippen LogP contribution in [0.3, 0.4) is 0 Å². The van der Waals surface area contributed by atoms with Crippen molar-refractivity contribution in [3.05, 3.63) is 94.5 Å². The Bertz CT molecular complexity index is 1280. The highest BCUT2D eigenvalue weighted by Crippen LogP contribution is 2.28. The second-order valence-corrected chi connectivity index (χ2v) is 8.86. The predicted octanol–water partition coefficient (Wildman–Crippen LogP) is 5.45. The number of halogens is 1. The van der Waals surface area contributed by atoms with Gasteiger partial charge in [0.05, 0.1) is 12.0 Å². The first-order chi connectivity index (χ1) is 16.0. The minimum absolute atomic E-state index is 0.149. The van der Waals surface area contributed by atoms with Crippen LogP contribution in [0.1, 0.15) is 16.7 Å². The molecule has 0 aliphatic carbocycles. The molecule has 1 amide bonds. The molecule has 0 saturated carbocycles. The maximum atomic E-state index is 12.4. The summed E-state index contributed by atoms with van der Waals surface area (Å²) in [7, 11) is 0. The third kappa shape index (κ3) is 5.88. The van der Waals surface area contributed by atoms with E-state index in [1.54, 1.807) is 6.21 Å². The van der Waals surface area contributed by atoms with Gasteiger partial charge in [0, 0.05) is 16.3 Å². The van der Waals surface area contributed by atoms with Crippen LogP contribution in [0.4, 0.5) is 0 Å². The largest absolute Gasteiger partial charge is 0.272 e. The van der Waals surface area contributed by atoms with Crippen LogP contribution in [-0.4, -0.2) is 32.6 Å². The molecule has 33 heavy (non-hydrogen) atoms. The van der Waals surface area contributed by atoms with Crippen molar-refractivity contribution in [1.29, 1.82) is 0 Å². The number of hydrogen-bond donors (Lipinski definition) is 1. The van der Waals surface area contributed by atoms with E-state index in [4.69, 9.17) is 11.6 Å². The van der Waals surface area contributed by atoms with Crippen LogP contribution in [0.2, 0.25) is 5.02 Å². The first-order valence-electron chi connectivity index (χ1n) is 10.3. The van der Waals surface area contributed by atoms with E-state index >= 15 is 0 Å². The van der Waals surface area contributed by atoms with Gasteiger partial charge < -0.3 is 0 Å². The highest BCUT2D eigenvalue weighted by Gasteiger charge is 2.17. The van der Waals surface area contributed by atoms with E-state index in [1.165, 1.54) is 11.8 Å². The number of carbonyl (C=O) groups is 1. The smallest absolute Gasteiger partial charge is 0.250 e. The quantitative estimate of drug-likeness (QED) is 0.219. The average molecular weight is 476 g/mol. The van der Waals surface area contributed by atoms with Crippen molar-refractivity contribution in [2.24, 2.45) is 5.10 Å². The fourth-order valence-corrected chi connectivity index (χ4v) is 4.04. The molecule has 0 spiro atoms. The first-order valence-corrected chi connectivity index (χ1v) is 11.7. The number of aryl methyl sites for hydroxylation is 2. The summed E-state index contributed by atoms with van der Waals surface area (Å²) in [6.07, 6.45) is 1.63. The Morgan fingerprint density at radius 3 is 2.52 bits per heavy atom. The summed E-state index contributed by atoms with van der Waals surface area (Å²) in [5.74, 6) is 0.599. The van der Waals surface area contributed by atoms with Crippen LogP contribution in [0.25, 0.3) is 17.1 Å². The molecule has 0 radical (unpaired) electrons. The van der Waals surface area contributed by atoms with E-state index in [0.29, 0.717) is 16.0 Å². The number of rotatable bonds is 7. The third-order valence-corrected chi connectivity index (χ3v) is 5.99. The van der Waals surface area contributed by atoms with Crippen molar-refractivity contribution in [2.45, 2.75) is 19.0 Å². The van der Waals surface area contributed by atoms with Crippen LogP contribution < -0.4 is 5.43 Å². The van der Waals surface area contributed by atoms with Crippen molar-refractivity contribution in [2.75, 3.05) is 5.75 Å². The summed E-state index contributed by atoms with van der Waals surface area (Å²) in [5.41, 5.74) is 7.57. The van der Waals surface area contributed by atoms with Crippen LogP contribution in [0.15, 0.2) is 83.1 Å². The van der Waals surface area contributed by atoms with Gasteiger partial charge in [-0.3, -0.25) is 9.36 Å². The van der Waals surface area contributed by atoms with Gasteiger partial charge in [0.15, 0.2) is 11.0 Å². The van der Waals surface area contributed by atoms with Crippen molar-refractivity contribution in [3.63, 3.8) is 0 Å². The first kappa shape index (κ1) is 22.8. The lowest BCUT2D eigenvalue weighted by Gasteiger charge is -2.10. The number of nitrogens with zero attached hydrogens (tertiary/aromatic N) is 4. The van der Waals surface area contributed by atoms with Gasteiger partial charge in [0.25, 0.3) is 5.91 Å². The second kappa shape index (κ2) is 10.5. The Kier molecular flexibility index (Phi) is 7.22. The Labute approximate surface area is 201 Å². The molecule has 4 rings (SSSR count). The number of thioether (sulfide) groups is 1. The molecule has 8 heteroatoms. The Morgan fingerprint density at radius 1 is 1.03 bits per heavy atom. The lowest BCUT2D eigenvalue weighted by atomic mass is 10.2. The molecule has 0 bridgehead atoms. The molecular formula is C25H22ClN5OS. The Morgan fingerprint density at radius 2 is 1.79 bits per heavy atom. The van der Waals surface area contributed by atoms with Crippen molar-refractivity contribution < 1.29 is 4.79 Å². The van der Waals surface area contributed by atoms with Gasteiger partial charge in [-0.1, -0.05) is 70.9 Å². The standard InChI is InChI=1S/C25H22ClN5OS/c1-17-6-12-22(13-7-17)31-24(20-8-10-21(26)11-9-20)29-30-25(31)33-16-23(32)28-27-15-19-5-3-4-18(2)14-19/h3-15H,16H2,1-2H3,(H,28,32)/b27-15-. The van der Waals surface area contributed by atoms with E-state index in [2.05, 4.69) is 20.7 Å². The van der Waals surface area contributed by atoms with Gasteiger partial charge in [-0.05, 0) is 55.8 Å².